The second-order valence-corrected chi connectivity index (χ2v) is 8.30. The summed E-state index contributed by atoms with van der Waals surface area (Å²) in [4.78, 5) is 27.7. The minimum Gasteiger partial charge on any atom is -0.508 e. The minimum absolute atomic E-state index is 0.0861. The minimum atomic E-state index is -0.767. The van der Waals surface area contributed by atoms with Crippen molar-refractivity contribution in [3.8, 4) is 5.75 Å². The predicted octanol–water partition coefficient (Wildman–Crippen LogP) is 4.52. The van der Waals surface area contributed by atoms with Gasteiger partial charge in [0.25, 0.3) is 5.91 Å². The molecular formula is C23H25NO4. The highest BCUT2D eigenvalue weighted by Gasteiger charge is 2.46. The van der Waals surface area contributed by atoms with E-state index in [1.165, 1.54) is 17.0 Å². The number of hydrogen-bond donors (Lipinski definition) is 2. The number of ketones is 1. The molecule has 3 rings (SSSR count). The lowest BCUT2D eigenvalue weighted by molar-refractivity contribution is -0.123. The van der Waals surface area contributed by atoms with Crippen molar-refractivity contribution in [2.75, 3.05) is 4.90 Å². The van der Waals surface area contributed by atoms with Crippen molar-refractivity contribution in [1.82, 2.24) is 0 Å². The summed E-state index contributed by atoms with van der Waals surface area (Å²) in [5.74, 6) is -1.32. The molecule has 1 amide bonds. The van der Waals surface area contributed by atoms with E-state index >= 15 is 0 Å². The molecule has 1 aliphatic heterocycles. The van der Waals surface area contributed by atoms with E-state index in [0.717, 1.165) is 11.1 Å². The number of anilines is 1. The number of hydrogen-bond acceptors (Lipinski definition) is 4. The van der Waals surface area contributed by atoms with Crippen LogP contribution in [-0.2, 0) is 9.59 Å². The van der Waals surface area contributed by atoms with Gasteiger partial charge in [0.15, 0.2) is 11.5 Å². The molecule has 2 aromatic rings. The van der Waals surface area contributed by atoms with Crippen LogP contribution in [0.2, 0.25) is 0 Å². The van der Waals surface area contributed by atoms with E-state index in [9.17, 15) is 19.8 Å². The Kier molecular flexibility index (Phi) is 4.79. The van der Waals surface area contributed by atoms with E-state index in [1.807, 2.05) is 32.0 Å². The van der Waals surface area contributed by atoms with Crippen molar-refractivity contribution in [1.29, 1.82) is 0 Å². The molecule has 2 aromatic carbocycles. The molecule has 0 radical (unpaired) electrons. The molecule has 5 nitrogen and oxygen atoms in total. The standard InChI is InChI=1S/C23H25NO4/c1-13-6-11-17(14(2)12-13)24-19(15-7-9-16(25)10-8-15)18(20(26)22(24)28)21(27)23(3,4)5/h6-12,19,25-26H,1-5H3. The average Bonchev–Trinajstić information content (AvgIpc) is 2.86. The molecule has 0 aromatic heterocycles. The lowest BCUT2D eigenvalue weighted by atomic mass is 9.82. The molecule has 0 aliphatic carbocycles. The highest BCUT2D eigenvalue weighted by atomic mass is 16.3. The second kappa shape index (κ2) is 6.82. The van der Waals surface area contributed by atoms with Crippen LogP contribution in [0.15, 0.2) is 53.8 Å². The third-order valence-electron chi connectivity index (χ3n) is 4.95. The van der Waals surface area contributed by atoms with Crippen molar-refractivity contribution in [2.45, 2.75) is 40.7 Å². The smallest absolute Gasteiger partial charge is 0.294 e. The van der Waals surface area contributed by atoms with Crippen LogP contribution in [0.25, 0.3) is 0 Å². The zero-order valence-corrected chi connectivity index (χ0v) is 16.8. The zero-order chi connectivity index (χ0) is 20.8. The molecule has 0 fully saturated rings. The average molecular weight is 379 g/mol. The number of rotatable bonds is 3. The van der Waals surface area contributed by atoms with Crippen molar-refractivity contribution in [3.63, 3.8) is 0 Å². The lowest BCUT2D eigenvalue weighted by Gasteiger charge is -2.30. The molecule has 0 saturated carbocycles. The van der Waals surface area contributed by atoms with Crippen LogP contribution in [-0.4, -0.2) is 21.9 Å². The molecule has 1 aliphatic rings. The molecule has 0 saturated heterocycles. The fourth-order valence-corrected chi connectivity index (χ4v) is 3.54. The van der Waals surface area contributed by atoms with Crippen molar-refractivity contribution in [3.05, 3.63) is 70.5 Å². The van der Waals surface area contributed by atoms with Gasteiger partial charge in [-0.2, -0.15) is 0 Å². The van der Waals surface area contributed by atoms with Gasteiger partial charge in [-0.1, -0.05) is 50.6 Å². The number of aliphatic hydroxyl groups is 1. The monoisotopic (exact) mass is 379 g/mol. The van der Waals surface area contributed by atoms with Crippen molar-refractivity contribution in [2.24, 2.45) is 5.41 Å². The quantitative estimate of drug-likeness (QED) is 0.822. The number of phenolic OH excluding ortho intramolecular Hbond substituents is 1. The summed E-state index contributed by atoms with van der Waals surface area (Å²) in [6.45, 7) is 9.13. The summed E-state index contributed by atoms with van der Waals surface area (Å²) in [5.41, 5.74) is 2.52. The van der Waals surface area contributed by atoms with Crippen LogP contribution >= 0.6 is 0 Å². The largest absolute Gasteiger partial charge is 0.508 e. The first-order valence-electron chi connectivity index (χ1n) is 9.20. The third kappa shape index (κ3) is 3.28. The molecule has 0 spiro atoms. The third-order valence-corrected chi connectivity index (χ3v) is 4.95. The number of carbonyl (C=O) groups is 2. The van der Waals surface area contributed by atoms with Crippen LogP contribution in [0.1, 0.15) is 43.5 Å². The second-order valence-electron chi connectivity index (χ2n) is 8.30. The van der Waals surface area contributed by atoms with Crippen LogP contribution in [0, 0.1) is 19.3 Å². The molecule has 1 heterocycles. The van der Waals surface area contributed by atoms with Crippen molar-refractivity contribution >= 4 is 17.4 Å². The van der Waals surface area contributed by atoms with E-state index < -0.39 is 23.1 Å². The van der Waals surface area contributed by atoms with Gasteiger partial charge in [-0.15, -0.1) is 0 Å². The Morgan fingerprint density at radius 1 is 1.00 bits per heavy atom. The van der Waals surface area contributed by atoms with E-state index in [1.54, 1.807) is 32.9 Å². The Morgan fingerprint density at radius 3 is 2.14 bits per heavy atom. The van der Waals surface area contributed by atoms with Gasteiger partial charge in [-0.25, -0.2) is 0 Å². The number of aliphatic hydroxyl groups excluding tert-OH is 1. The number of benzene rings is 2. The molecule has 1 unspecified atom stereocenters. The van der Waals surface area contributed by atoms with Gasteiger partial charge in [0.05, 0.1) is 11.6 Å². The van der Waals surface area contributed by atoms with Gasteiger partial charge in [0.2, 0.25) is 0 Å². The van der Waals surface area contributed by atoms with Gasteiger partial charge in [-0.3, -0.25) is 14.5 Å². The SMILES string of the molecule is Cc1ccc(N2C(=O)C(O)=C(C(=O)C(C)(C)C)C2c2ccc(O)cc2)c(C)c1. The van der Waals surface area contributed by atoms with E-state index in [4.69, 9.17) is 0 Å². The first-order chi connectivity index (χ1) is 13.0. The van der Waals surface area contributed by atoms with Crippen LogP contribution < -0.4 is 4.90 Å². The van der Waals surface area contributed by atoms with Crippen LogP contribution in [0.3, 0.4) is 0 Å². The molecule has 2 N–H and O–H groups in total. The number of carbonyl (C=O) groups excluding carboxylic acids is 2. The molecule has 146 valence electrons. The maximum Gasteiger partial charge on any atom is 0.294 e. The summed E-state index contributed by atoms with van der Waals surface area (Å²) >= 11 is 0. The van der Waals surface area contributed by atoms with Gasteiger partial charge in [0, 0.05) is 11.1 Å². The fourth-order valence-electron chi connectivity index (χ4n) is 3.54. The van der Waals surface area contributed by atoms with E-state index in [2.05, 4.69) is 0 Å². The Hall–Kier alpha value is -3.08. The molecule has 5 heteroatoms. The first-order valence-corrected chi connectivity index (χ1v) is 9.20. The topological polar surface area (TPSA) is 77.8 Å². The highest BCUT2D eigenvalue weighted by molar-refractivity contribution is 6.17. The predicted molar refractivity (Wildman–Crippen MR) is 108 cm³/mol. The fraction of sp³-hybridized carbons (Fsp3) is 0.304. The van der Waals surface area contributed by atoms with Crippen LogP contribution in [0.4, 0.5) is 5.69 Å². The lowest BCUT2D eigenvalue weighted by Crippen LogP contribution is -2.33. The van der Waals surface area contributed by atoms with E-state index in [0.29, 0.717) is 11.3 Å². The summed E-state index contributed by atoms with van der Waals surface area (Å²) in [6.07, 6.45) is 0. The number of nitrogens with zero attached hydrogens (tertiary/aromatic N) is 1. The first kappa shape index (κ1) is 19.7. The molecular weight excluding hydrogens is 354 g/mol. The van der Waals surface area contributed by atoms with Crippen molar-refractivity contribution < 1.29 is 19.8 Å². The molecule has 28 heavy (non-hydrogen) atoms. The van der Waals surface area contributed by atoms with Gasteiger partial charge in [-0.05, 0) is 43.2 Å². The van der Waals surface area contributed by atoms with Crippen LogP contribution in [0.5, 0.6) is 5.75 Å². The Balaban J connectivity index is 2.23. The molecule has 0 bridgehead atoms. The number of phenols is 1. The summed E-state index contributed by atoms with van der Waals surface area (Å²) in [5, 5.41) is 20.3. The van der Waals surface area contributed by atoms with Gasteiger partial charge >= 0.3 is 0 Å². The highest BCUT2D eigenvalue weighted by Crippen LogP contribution is 2.44. The Labute approximate surface area is 164 Å². The Bertz CT molecular complexity index is 981. The normalized spacial score (nSPS) is 17.4. The number of aryl methyl sites for hydroxylation is 2. The number of aromatic hydroxyl groups is 1. The number of Topliss-reactive ketones (excluding diaryl/α,β-unsaturated/α-hetero) is 1. The zero-order valence-electron chi connectivity index (χ0n) is 16.8. The molecule has 1 atom stereocenters. The summed E-state index contributed by atoms with van der Waals surface area (Å²) < 4.78 is 0. The summed E-state index contributed by atoms with van der Waals surface area (Å²) in [6, 6.07) is 11.3. The number of amides is 1. The van der Waals surface area contributed by atoms with E-state index in [-0.39, 0.29) is 17.1 Å². The summed E-state index contributed by atoms with van der Waals surface area (Å²) in [7, 11) is 0. The maximum absolute atomic E-state index is 13.1. The maximum atomic E-state index is 13.1. The van der Waals surface area contributed by atoms with Gasteiger partial charge in [0.1, 0.15) is 5.75 Å². The van der Waals surface area contributed by atoms with Gasteiger partial charge < -0.3 is 10.2 Å². The Morgan fingerprint density at radius 2 is 1.61 bits per heavy atom.